The first-order valence-electron chi connectivity index (χ1n) is 6.20. The molecule has 19 heavy (non-hydrogen) atoms. The van der Waals surface area contributed by atoms with Gasteiger partial charge in [-0.1, -0.05) is 13.0 Å². The number of rotatable bonds is 7. The highest BCUT2D eigenvalue weighted by Gasteiger charge is 2.12. The van der Waals surface area contributed by atoms with Crippen LogP contribution in [0.2, 0.25) is 0 Å². The normalized spacial score (nSPS) is 13.2. The van der Waals surface area contributed by atoms with E-state index in [0.29, 0.717) is 12.3 Å². The summed E-state index contributed by atoms with van der Waals surface area (Å²) in [5.74, 6) is 0.974. The van der Waals surface area contributed by atoms with Crippen molar-refractivity contribution in [3.8, 4) is 11.5 Å². The second-order valence-electron chi connectivity index (χ2n) is 4.34. The topological polar surface area (TPSA) is 75.6 Å². The molecule has 6 heteroatoms. The summed E-state index contributed by atoms with van der Waals surface area (Å²) in [7, 11) is -1.43. The van der Waals surface area contributed by atoms with Gasteiger partial charge in [0.15, 0.2) is 9.84 Å². The van der Waals surface area contributed by atoms with E-state index >= 15 is 0 Å². The van der Waals surface area contributed by atoms with Crippen molar-refractivity contribution < 1.29 is 18.3 Å². The van der Waals surface area contributed by atoms with Crippen molar-refractivity contribution in [2.45, 2.75) is 19.9 Å². The van der Waals surface area contributed by atoms with Gasteiger partial charge in [-0.25, -0.2) is 8.42 Å². The molecule has 2 N–H and O–H groups in total. The molecule has 0 aliphatic rings. The number of phenols is 1. The van der Waals surface area contributed by atoms with Crippen LogP contribution in [0.5, 0.6) is 11.5 Å². The molecule has 108 valence electrons. The molecule has 0 saturated carbocycles. The minimum atomic E-state index is -2.96. The molecule has 0 aliphatic heterocycles. The Labute approximate surface area is 114 Å². The summed E-state index contributed by atoms with van der Waals surface area (Å²) in [6.45, 7) is 3.87. The molecule has 0 spiro atoms. The average Bonchev–Trinajstić information content (AvgIpc) is 2.38. The zero-order valence-corrected chi connectivity index (χ0v) is 12.3. The Morgan fingerprint density at radius 1 is 1.42 bits per heavy atom. The number of hydrogen-bond acceptors (Lipinski definition) is 5. The third-order valence-electron chi connectivity index (χ3n) is 3.01. The van der Waals surface area contributed by atoms with Gasteiger partial charge in [-0.05, 0) is 13.0 Å². The molecule has 0 amide bonds. The van der Waals surface area contributed by atoms with Crippen LogP contribution >= 0.6 is 0 Å². The molecule has 0 fully saturated rings. The van der Waals surface area contributed by atoms with Gasteiger partial charge in [0.05, 0.1) is 12.9 Å². The van der Waals surface area contributed by atoms with E-state index in [1.54, 1.807) is 19.1 Å². The summed E-state index contributed by atoms with van der Waals surface area (Å²) in [6, 6.07) is 4.94. The van der Waals surface area contributed by atoms with Gasteiger partial charge >= 0.3 is 0 Å². The van der Waals surface area contributed by atoms with Gasteiger partial charge in [0.1, 0.15) is 11.5 Å². The van der Waals surface area contributed by atoms with Crippen molar-refractivity contribution in [1.82, 2.24) is 5.32 Å². The van der Waals surface area contributed by atoms with Crippen LogP contribution in [0.25, 0.3) is 0 Å². The second kappa shape index (κ2) is 6.77. The van der Waals surface area contributed by atoms with Crippen molar-refractivity contribution in [1.29, 1.82) is 0 Å². The Balaban J connectivity index is 2.61. The Hall–Kier alpha value is -1.27. The maximum absolute atomic E-state index is 11.4. The van der Waals surface area contributed by atoms with Gasteiger partial charge in [0.2, 0.25) is 0 Å². The molecule has 0 aliphatic carbocycles. The van der Waals surface area contributed by atoms with Gasteiger partial charge in [-0.15, -0.1) is 0 Å². The average molecular weight is 287 g/mol. The third-order valence-corrected chi connectivity index (χ3v) is 4.71. The first kappa shape index (κ1) is 15.8. The summed E-state index contributed by atoms with van der Waals surface area (Å²) >= 11 is 0. The zero-order valence-electron chi connectivity index (χ0n) is 11.5. The summed E-state index contributed by atoms with van der Waals surface area (Å²) < 4.78 is 27.7. The number of nitrogens with one attached hydrogen (secondary N) is 1. The van der Waals surface area contributed by atoms with Crippen molar-refractivity contribution in [2.75, 3.05) is 25.2 Å². The lowest BCUT2D eigenvalue weighted by atomic mass is 10.1. The molecule has 0 aromatic heterocycles. The summed E-state index contributed by atoms with van der Waals surface area (Å²) in [6.07, 6.45) is 0. The molecule has 0 saturated heterocycles. The number of benzene rings is 1. The quantitative estimate of drug-likeness (QED) is 0.794. The molecule has 0 bridgehead atoms. The van der Waals surface area contributed by atoms with Gasteiger partial charge in [-0.3, -0.25) is 0 Å². The van der Waals surface area contributed by atoms with Crippen LogP contribution < -0.4 is 10.1 Å². The minimum Gasteiger partial charge on any atom is -0.507 e. The van der Waals surface area contributed by atoms with Crippen molar-refractivity contribution in [2.24, 2.45) is 0 Å². The molecular formula is C13H21NO4S. The van der Waals surface area contributed by atoms with E-state index in [1.165, 1.54) is 13.2 Å². The van der Waals surface area contributed by atoms with Crippen molar-refractivity contribution in [3.05, 3.63) is 23.8 Å². The maximum Gasteiger partial charge on any atom is 0.151 e. The van der Waals surface area contributed by atoms with Crippen LogP contribution in [-0.2, 0) is 9.84 Å². The first-order valence-corrected chi connectivity index (χ1v) is 8.02. The lowest BCUT2D eigenvalue weighted by Gasteiger charge is -2.16. The molecule has 0 heterocycles. The second-order valence-corrected chi connectivity index (χ2v) is 6.81. The molecule has 1 aromatic rings. The highest BCUT2D eigenvalue weighted by molar-refractivity contribution is 7.91. The van der Waals surface area contributed by atoms with E-state index in [1.807, 2.05) is 6.92 Å². The molecular weight excluding hydrogens is 266 g/mol. The van der Waals surface area contributed by atoms with E-state index in [2.05, 4.69) is 5.32 Å². The number of hydrogen-bond donors (Lipinski definition) is 2. The number of sulfone groups is 1. The lowest BCUT2D eigenvalue weighted by Crippen LogP contribution is -2.26. The highest BCUT2D eigenvalue weighted by Crippen LogP contribution is 2.28. The molecule has 5 nitrogen and oxygen atoms in total. The van der Waals surface area contributed by atoms with Crippen molar-refractivity contribution >= 4 is 9.84 Å². The lowest BCUT2D eigenvalue weighted by molar-refractivity contribution is 0.404. The smallest absolute Gasteiger partial charge is 0.151 e. The van der Waals surface area contributed by atoms with Crippen LogP contribution in [0.4, 0.5) is 0 Å². The van der Waals surface area contributed by atoms with Gasteiger partial charge < -0.3 is 15.2 Å². The van der Waals surface area contributed by atoms with Crippen LogP contribution in [0.1, 0.15) is 25.5 Å². The van der Waals surface area contributed by atoms with Crippen LogP contribution in [-0.4, -0.2) is 38.7 Å². The number of phenolic OH excluding ortho intramolecular Hbond substituents is 1. The van der Waals surface area contributed by atoms with Gasteiger partial charge in [0, 0.05) is 30.0 Å². The van der Waals surface area contributed by atoms with E-state index < -0.39 is 9.84 Å². The number of ether oxygens (including phenoxy) is 1. The van der Waals surface area contributed by atoms with E-state index in [4.69, 9.17) is 4.74 Å². The summed E-state index contributed by atoms with van der Waals surface area (Å²) in [5, 5.41) is 12.9. The molecule has 0 radical (unpaired) electrons. The van der Waals surface area contributed by atoms with Gasteiger partial charge in [0.25, 0.3) is 0 Å². The molecule has 1 rings (SSSR count). The Bertz CT molecular complexity index is 513. The maximum atomic E-state index is 11.4. The standard InChI is InChI=1S/C13H21NO4S/c1-4-19(16,17)8-7-14-10(2)12-6-5-11(18-3)9-13(12)15/h5-6,9-10,14-15H,4,7-8H2,1-3H3. The zero-order chi connectivity index (χ0) is 14.5. The SMILES string of the molecule is CCS(=O)(=O)CCNC(C)c1ccc(OC)cc1O. The highest BCUT2D eigenvalue weighted by atomic mass is 32.2. The van der Waals surface area contributed by atoms with Crippen molar-refractivity contribution in [3.63, 3.8) is 0 Å². The fourth-order valence-corrected chi connectivity index (χ4v) is 2.42. The number of methoxy groups -OCH3 is 1. The fourth-order valence-electron chi connectivity index (χ4n) is 1.70. The van der Waals surface area contributed by atoms with E-state index in [-0.39, 0.29) is 23.3 Å². The Morgan fingerprint density at radius 2 is 2.11 bits per heavy atom. The van der Waals surface area contributed by atoms with Crippen LogP contribution in [0, 0.1) is 0 Å². The predicted octanol–water partition coefficient (Wildman–Crippen LogP) is 1.49. The predicted molar refractivity (Wildman–Crippen MR) is 75.4 cm³/mol. The monoisotopic (exact) mass is 287 g/mol. The van der Waals surface area contributed by atoms with Gasteiger partial charge in [-0.2, -0.15) is 0 Å². The summed E-state index contributed by atoms with van der Waals surface area (Å²) in [5.41, 5.74) is 0.717. The Morgan fingerprint density at radius 3 is 2.63 bits per heavy atom. The summed E-state index contributed by atoms with van der Waals surface area (Å²) in [4.78, 5) is 0. The largest absolute Gasteiger partial charge is 0.507 e. The molecule has 1 aromatic carbocycles. The van der Waals surface area contributed by atoms with E-state index in [9.17, 15) is 13.5 Å². The Kier molecular flexibility index (Phi) is 5.62. The first-order chi connectivity index (χ1) is 8.89. The number of aromatic hydroxyl groups is 1. The molecule has 1 unspecified atom stereocenters. The fraction of sp³-hybridized carbons (Fsp3) is 0.538. The van der Waals surface area contributed by atoms with Crippen LogP contribution in [0.15, 0.2) is 18.2 Å². The van der Waals surface area contributed by atoms with Crippen LogP contribution in [0.3, 0.4) is 0 Å². The minimum absolute atomic E-state index is 0.102. The third kappa shape index (κ3) is 4.72. The van der Waals surface area contributed by atoms with E-state index in [0.717, 1.165) is 5.56 Å². The molecule has 1 atom stereocenters.